The monoisotopic (exact) mass is 417 g/mol. The average molecular weight is 417 g/mol. The molecule has 0 fully saturated rings. The number of anilines is 1. The number of aromatic amines is 2. The van der Waals surface area contributed by atoms with Crippen molar-refractivity contribution < 1.29 is 18.0 Å². The van der Waals surface area contributed by atoms with Gasteiger partial charge in [0.25, 0.3) is 5.56 Å². The Hall–Kier alpha value is -4.01. The molecule has 0 aliphatic carbocycles. The van der Waals surface area contributed by atoms with Crippen molar-refractivity contribution in [2.45, 2.75) is 25.6 Å². The third-order valence-electron chi connectivity index (χ3n) is 4.25. The number of ketones is 1. The first kappa shape index (κ1) is 20.7. The van der Waals surface area contributed by atoms with Gasteiger partial charge >= 0.3 is 6.18 Å². The minimum atomic E-state index is -4.90. The standard InChI is InChI=1S/C18H14F3N7O2/c1-2-12(27-13-8-25-28-17(30)14(13)18(19,20)21)10-6-23-7-11(10)15(29)16-24-4-3-9(5-22)26-16/h3-4,6-8,12,23H,2H2,1H3,(H2,27,28,30)/t12-/m0/s1. The highest BCUT2D eigenvalue weighted by atomic mass is 19.4. The summed E-state index contributed by atoms with van der Waals surface area (Å²) in [6.07, 6.45) is 0.321. The summed E-state index contributed by atoms with van der Waals surface area (Å²) in [6.45, 7) is 1.69. The highest BCUT2D eigenvalue weighted by Gasteiger charge is 2.38. The number of nitrogens with zero attached hydrogens (tertiary/aromatic N) is 4. The molecule has 9 nitrogen and oxygen atoms in total. The maximum Gasteiger partial charge on any atom is 0.423 e. The second kappa shape index (κ2) is 8.16. The molecule has 3 aromatic rings. The molecule has 30 heavy (non-hydrogen) atoms. The summed E-state index contributed by atoms with van der Waals surface area (Å²) in [5.41, 5.74) is -2.84. The Kier molecular flexibility index (Phi) is 5.63. The van der Waals surface area contributed by atoms with E-state index in [1.807, 2.05) is 0 Å². The molecule has 0 spiro atoms. The lowest BCUT2D eigenvalue weighted by Gasteiger charge is -2.21. The van der Waals surface area contributed by atoms with Crippen LogP contribution in [0.25, 0.3) is 0 Å². The molecule has 3 heterocycles. The SMILES string of the molecule is CC[C@H](Nc1cn[nH]c(=O)c1C(F)(F)F)c1c[nH]cc1C(=O)c1nccc(C#N)n1. The van der Waals surface area contributed by atoms with Crippen LogP contribution in [-0.4, -0.2) is 30.9 Å². The van der Waals surface area contributed by atoms with Crippen molar-refractivity contribution in [3.8, 4) is 6.07 Å². The first-order valence-corrected chi connectivity index (χ1v) is 8.62. The predicted molar refractivity (Wildman–Crippen MR) is 97.5 cm³/mol. The zero-order valence-corrected chi connectivity index (χ0v) is 15.4. The Labute approximate surface area is 167 Å². The lowest BCUT2D eigenvalue weighted by atomic mass is 9.99. The van der Waals surface area contributed by atoms with Crippen LogP contribution in [0.5, 0.6) is 0 Å². The van der Waals surface area contributed by atoms with Crippen LogP contribution in [0, 0.1) is 11.3 Å². The highest BCUT2D eigenvalue weighted by molar-refractivity contribution is 6.07. The van der Waals surface area contributed by atoms with Gasteiger partial charge in [0.1, 0.15) is 17.3 Å². The van der Waals surface area contributed by atoms with Crippen molar-refractivity contribution in [1.29, 1.82) is 5.26 Å². The van der Waals surface area contributed by atoms with E-state index in [4.69, 9.17) is 5.26 Å². The zero-order chi connectivity index (χ0) is 21.9. The van der Waals surface area contributed by atoms with Gasteiger partial charge in [-0.05, 0) is 12.5 Å². The second-order valence-corrected chi connectivity index (χ2v) is 6.12. The highest BCUT2D eigenvalue weighted by Crippen LogP contribution is 2.34. The summed E-state index contributed by atoms with van der Waals surface area (Å²) in [7, 11) is 0. The summed E-state index contributed by atoms with van der Waals surface area (Å²) in [6, 6.07) is 2.38. The van der Waals surface area contributed by atoms with Crippen LogP contribution in [0.15, 0.2) is 35.6 Å². The van der Waals surface area contributed by atoms with Gasteiger partial charge in [-0.25, -0.2) is 15.1 Å². The Morgan fingerprint density at radius 3 is 2.80 bits per heavy atom. The number of halogens is 3. The van der Waals surface area contributed by atoms with E-state index in [1.54, 1.807) is 18.1 Å². The van der Waals surface area contributed by atoms with E-state index < -0.39 is 34.8 Å². The van der Waals surface area contributed by atoms with Gasteiger partial charge in [0.05, 0.1) is 17.9 Å². The van der Waals surface area contributed by atoms with Crippen LogP contribution in [0.2, 0.25) is 0 Å². The minimum Gasteiger partial charge on any atom is -0.376 e. The predicted octanol–water partition coefficient (Wildman–Crippen LogP) is 2.57. The summed E-state index contributed by atoms with van der Waals surface area (Å²) in [4.78, 5) is 35.0. The Morgan fingerprint density at radius 2 is 2.13 bits per heavy atom. The number of rotatable bonds is 6. The third-order valence-corrected chi connectivity index (χ3v) is 4.25. The maximum absolute atomic E-state index is 13.3. The van der Waals surface area contributed by atoms with Crippen LogP contribution in [-0.2, 0) is 6.18 Å². The van der Waals surface area contributed by atoms with Crippen LogP contribution in [0.1, 0.15) is 52.4 Å². The molecule has 0 unspecified atom stereocenters. The van der Waals surface area contributed by atoms with E-state index in [-0.39, 0.29) is 23.5 Å². The number of aromatic nitrogens is 5. The third kappa shape index (κ3) is 4.04. The molecule has 0 aliphatic heterocycles. The lowest BCUT2D eigenvalue weighted by Crippen LogP contribution is -2.26. The summed E-state index contributed by atoms with van der Waals surface area (Å²) in [5, 5.41) is 16.8. The van der Waals surface area contributed by atoms with E-state index in [1.165, 1.54) is 24.7 Å². The maximum atomic E-state index is 13.3. The normalized spacial score (nSPS) is 12.2. The average Bonchev–Trinajstić information content (AvgIpc) is 3.20. The van der Waals surface area contributed by atoms with E-state index in [0.29, 0.717) is 5.56 Å². The minimum absolute atomic E-state index is 0.00000592. The van der Waals surface area contributed by atoms with Crippen molar-refractivity contribution in [1.82, 2.24) is 25.1 Å². The molecule has 0 bridgehead atoms. The van der Waals surface area contributed by atoms with Crippen LogP contribution in [0.4, 0.5) is 18.9 Å². The molecule has 1 atom stereocenters. The lowest BCUT2D eigenvalue weighted by molar-refractivity contribution is -0.138. The molecule has 0 saturated heterocycles. The molecule has 3 aromatic heterocycles. The summed E-state index contributed by atoms with van der Waals surface area (Å²) in [5.74, 6) is -0.831. The largest absolute Gasteiger partial charge is 0.423 e. The molecular formula is C18H14F3N7O2. The number of hydrogen-bond acceptors (Lipinski definition) is 7. The van der Waals surface area contributed by atoms with Gasteiger partial charge in [-0.1, -0.05) is 6.92 Å². The van der Waals surface area contributed by atoms with Gasteiger partial charge in [-0.2, -0.15) is 23.5 Å². The number of hydrogen-bond donors (Lipinski definition) is 3. The Morgan fingerprint density at radius 1 is 1.37 bits per heavy atom. The number of nitrogens with one attached hydrogen (secondary N) is 3. The molecule has 0 amide bonds. The number of H-pyrrole nitrogens is 2. The Bertz CT molecular complexity index is 1180. The van der Waals surface area contributed by atoms with Gasteiger partial charge in [-0.15, -0.1) is 0 Å². The molecule has 12 heteroatoms. The van der Waals surface area contributed by atoms with Crippen LogP contribution in [0.3, 0.4) is 0 Å². The van der Waals surface area contributed by atoms with Crippen molar-refractivity contribution in [3.63, 3.8) is 0 Å². The topological polar surface area (TPSA) is 140 Å². The smallest absolute Gasteiger partial charge is 0.376 e. The molecule has 3 rings (SSSR count). The first-order valence-electron chi connectivity index (χ1n) is 8.62. The second-order valence-electron chi connectivity index (χ2n) is 6.12. The first-order chi connectivity index (χ1) is 14.3. The summed E-state index contributed by atoms with van der Waals surface area (Å²) >= 11 is 0. The van der Waals surface area contributed by atoms with E-state index in [9.17, 15) is 22.8 Å². The van der Waals surface area contributed by atoms with E-state index in [2.05, 4.69) is 25.4 Å². The fraction of sp³-hybridized carbons (Fsp3) is 0.222. The van der Waals surface area contributed by atoms with Gasteiger partial charge < -0.3 is 10.3 Å². The molecular weight excluding hydrogens is 403 g/mol. The number of carbonyl (C=O) groups excluding carboxylic acids is 1. The van der Waals surface area contributed by atoms with Gasteiger partial charge in [0.2, 0.25) is 11.6 Å². The molecule has 0 aliphatic rings. The zero-order valence-electron chi connectivity index (χ0n) is 15.4. The number of nitriles is 1. The molecule has 0 radical (unpaired) electrons. The van der Waals surface area contributed by atoms with Crippen molar-refractivity contribution in [2.75, 3.05) is 5.32 Å². The van der Waals surface area contributed by atoms with Crippen molar-refractivity contribution in [3.05, 3.63) is 69.4 Å². The van der Waals surface area contributed by atoms with Crippen LogP contribution >= 0.6 is 0 Å². The van der Waals surface area contributed by atoms with Crippen molar-refractivity contribution >= 4 is 11.5 Å². The van der Waals surface area contributed by atoms with E-state index in [0.717, 1.165) is 6.20 Å². The fourth-order valence-corrected chi connectivity index (χ4v) is 2.89. The molecule has 154 valence electrons. The van der Waals surface area contributed by atoms with E-state index >= 15 is 0 Å². The summed E-state index contributed by atoms with van der Waals surface area (Å²) < 4.78 is 39.9. The molecule has 0 saturated carbocycles. The van der Waals surface area contributed by atoms with Crippen LogP contribution < -0.4 is 10.9 Å². The molecule has 0 aromatic carbocycles. The number of alkyl halides is 3. The number of carbonyl (C=O) groups is 1. The molecule has 3 N–H and O–H groups in total. The Balaban J connectivity index is 1.99. The fourth-order valence-electron chi connectivity index (χ4n) is 2.89. The van der Waals surface area contributed by atoms with Gasteiger partial charge in [0, 0.05) is 29.7 Å². The van der Waals surface area contributed by atoms with Gasteiger partial charge in [-0.3, -0.25) is 9.59 Å². The van der Waals surface area contributed by atoms with Crippen molar-refractivity contribution in [2.24, 2.45) is 0 Å². The quantitative estimate of drug-likeness (QED) is 0.524. The van der Waals surface area contributed by atoms with Gasteiger partial charge in [0.15, 0.2) is 0 Å².